The molecule has 92 valence electrons. The number of nitro benzene ring substituents is 1. The van der Waals surface area contributed by atoms with Gasteiger partial charge in [-0.2, -0.15) is 4.39 Å². The molecule has 6 nitrogen and oxygen atoms in total. The van der Waals surface area contributed by atoms with Crippen LogP contribution in [0.25, 0.3) is 0 Å². The summed E-state index contributed by atoms with van der Waals surface area (Å²) in [6.07, 6.45) is 0. The third-order valence-electron chi connectivity index (χ3n) is 2.05. The average Bonchev–Trinajstić information content (AvgIpc) is 2.27. The fourth-order valence-corrected chi connectivity index (χ4v) is 1.36. The molecule has 0 fully saturated rings. The molecular weight excluding hydrogens is 233 g/mol. The molecule has 0 spiro atoms. The van der Waals surface area contributed by atoms with Gasteiger partial charge in [0.1, 0.15) is 0 Å². The molecule has 0 saturated heterocycles. The maximum Gasteiger partial charge on any atom is 0.337 e. The second kappa shape index (κ2) is 5.35. The highest BCUT2D eigenvalue weighted by Crippen LogP contribution is 2.25. The van der Waals surface area contributed by atoms with E-state index in [2.05, 4.69) is 4.74 Å². The molecule has 0 aliphatic heterocycles. The Bertz CT molecular complexity index is 460. The van der Waals surface area contributed by atoms with Gasteiger partial charge < -0.3 is 9.47 Å². The molecule has 0 unspecified atom stereocenters. The molecular formula is C10H10FNO5. The van der Waals surface area contributed by atoms with Gasteiger partial charge >= 0.3 is 11.7 Å². The molecule has 0 saturated carbocycles. The SMILES string of the molecule is COCc1cc(C(=O)OC)cc(F)c1[N+](=O)[O-]. The Labute approximate surface area is 96.1 Å². The first-order chi connectivity index (χ1) is 8.01. The van der Waals surface area contributed by atoms with Crippen LogP contribution in [0.15, 0.2) is 12.1 Å². The summed E-state index contributed by atoms with van der Waals surface area (Å²) >= 11 is 0. The van der Waals surface area contributed by atoms with E-state index < -0.39 is 22.4 Å². The van der Waals surface area contributed by atoms with E-state index in [-0.39, 0.29) is 17.7 Å². The highest BCUT2D eigenvalue weighted by Gasteiger charge is 2.23. The molecule has 1 rings (SSSR count). The lowest BCUT2D eigenvalue weighted by Gasteiger charge is -2.05. The maximum absolute atomic E-state index is 13.5. The first-order valence-corrected chi connectivity index (χ1v) is 4.55. The summed E-state index contributed by atoms with van der Waals surface area (Å²) < 4.78 is 22.6. The van der Waals surface area contributed by atoms with Gasteiger partial charge in [0.25, 0.3) is 0 Å². The Morgan fingerprint density at radius 3 is 2.59 bits per heavy atom. The quantitative estimate of drug-likeness (QED) is 0.456. The zero-order valence-electron chi connectivity index (χ0n) is 9.23. The zero-order valence-corrected chi connectivity index (χ0v) is 9.23. The van der Waals surface area contributed by atoms with Crippen molar-refractivity contribution in [3.8, 4) is 0 Å². The molecule has 7 heteroatoms. The van der Waals surface area contributed by atoms with Crippen LogP contribution in [-0.4, -0.2) is 25.1 Å². The number of hydrogen-bond donors (Lipinski definition) is 0. The minimum atomic E-state index is -1.09. The van der Waals surface area contributed by atoms with Gasteiger partial charge in [-0.3, -0.25) is 10.1 Å². The molecule has 0 atom stereocenters. The average molecular weight is 243 g/mol. The van der Waals surface area contributed by atoms with Gasteiger partial charge in [-0.05, 0) is 12.1 Å². The van der Waals surface area contributed by atoms with E-state index in [1.807, 2.05) is 0 Å². The molecule has 0 aromatic heterocycles. The summed E-state index contributed by atoms with van der Waals surface area (Å²) in [4.78, 5) is 21.0. The molecule has 0 amide bonds. The Balaban J connectivity index is 3.35. The van der Waals surface area contributed by atoms with Crippen LogP contribution in [0.4, 0.5) is 10.1 Å². The number of carbonyl (C=O) groups excluding carboxylic acids is 1. The Hall–Kier alpha value is -2.02. The van der Waals surface area contributed by atoms with Gasteiger partial charge in [0.15, 0.2) is 0 Å². The van der Waals surface area contributed by atoms with Crippen molar-refractivity contribution in [1.29, 1.82) is 0 Å². The number of nitro groups is 1. The summed E-state index contributed by atoms with van der Waals surface area (Å²) in [5, 5.41) is 10.7. The van der Waals surface area contributed by atoms with Crippen molar-refractivity contribution in [2.24, 2.45) is 0 Å². The number of esters is 1. The van der Waals surface area contributed by atoms with Gasteiger partial charge in [-0.15, -0.1) is 0 Å². The molecule has 0 aliphatic rings. The van der Waals surface area contributed by atoms with Crippen LogP contribution in [0, 0.1) is 15.9 Å². The number of nitrogens with zero attached hydrogens (tertiary/aromatic N) is 1. The smallest absolute Gasteiger partial charge is 0.337 e. The summed E-state index contributed by atoms with van der Waals surface area (Å²) in [6.45, 7) is -0.169. The summed E-state index contributed by atoms with van der Waals surface area (Å²) in [5.41, 5.74) is -0.806. The number of halogens is 1. The number of hydrogen-bond acceptors (Lipinski definition) is 5. The van der Waals surface area contributed by atoms with Crippen LogP contribution in [0.2, 0.25) is 0 Å². The number of ether oxygens (including phenoxy) is 2. The van der Waals surface area contributed by atoms with Crippen LogP contribution >= 0.6 is 0 Å². The van der Waals surface area contributed by atoms with E-state index in [1.54, 1.807) is 0 Å². The highest BCUT2D eigenvalue weighted by molar-refractivity contribution is 5.90. The summed E-state index contributed by atoms with van der Waals surface area (Å²) in [6, 6.07) is 1.94. The summed E-state index contributed by atoms with van der Waals surface area (Å²) in [7, 11) is 2.45. The maximum atomic E-state index is 13.5. The fraction of sp³-hybridized carbons (Fsp3) is 0.300. The highest BCUT2D eigenvalue weighted by atomic mass is 19.1. The molecule has 0 radical (unpaired) electrons. The van der Waals surface area contributed by atoms with Crippen LogP contribution in [0.5, 0.6) is 0 Å². The fourth-order valence-electron chi connectivity index (χ4n) is 1.36. The van der Waals surface area contributed by atoms with Gasteiger partial charge in [-0.25, -0.2) is 4.79 Å². The third kappa shape index (κ3) is 2.76. The number of carbonyl (C=O) groups is 1. The van der Waals surface area contributed by atoms with Crippen LogP contribution < -0.4 is 0 Å². The second-order valence-electron chi connectivity index (χ2n) is 3.15. The Morgan fingerprint density at radius 2 is 2.12 bits per heavy atom. The van der Waals surface area contributed by atoms with Crippen LogP contribution in [-0.2, 0) is 16.1 Å². The van der Waals surface area contributed by atoms with Crippen LogP contribution in [0.1, 0.15) is 15.9 Å². The van der Waals surface area contributed by atoms with Crippen molar-refractivity contribution in [1.82, 2.24) is 0 Å². The van der Waals surface area contributed by atoms with E-state index in [9.17, 15) is 19.3 Å². The third-order valence-corrected chi connectivity index (χ3v) is 2.05. The van der Waals surface area contributed by atoms with Crippen molar-refractivity contribution in [2.75, 3.05) is 14.2 Å². The van der Waals surface area contributed by atoms with Crippen molar-refractivity contribution in [2.45, 2.75) is 6.61 Å². The molecule has 17 heavy (non-hydrogen) atoms. The van der Waals surface area contributed by atoms with Gasteiger partial charge in [-0.1, -0.05) is 0 Å². The number of benzene rings is 1. The van der Waals surface area contributed by atoms with Crippen LogP contribution in [0.3, 0.4) is 0 Å². The topological polar surface area (TPSA) is 78.7 Å². The summed E-state index contributed by atoms with van der Waals surface area (Å²) in [5.74, 6) is -1.86. The largest absolute Gasteiger partial charge is 0.465 e. The van der Waals surface area contributed by atoms with E-state index in [4.69, 9.17) is 4.74 Å². The van der Waals surface area contributed by atoms with E-state index in [0.29, 0.717) is 0 Å². The lowest BCUT2D eigenvalue weighted by Crippen LogP contribution is -2.07. The normalized spacial score (nSPS) is 10.1. The molecule has 0 N–H and O–H groups in total. The second-order valence-corrected chi connectivity index (χ2v) is 3.15. The first kappa shape index (κ1) is 13.0. The first-order valence-electron chi connectivity index (χ1n) is 4.55. The predicted octanol–water partition coefficient (Wildman–Crippen LogP) is 1.67. The van der Waals surface area contributed by atoms with Crippen molar-refractivity contribution >= 4 is 11.7 Å². The van der Waals surface area contributed by atoms with Gasteiger partial charge in [0.2, 0.25) is 5.82 Å². The van der Waals surface area contributed by atoms with Crippen molar-refractivity contribution < 1.29 is 23.6 Å². The van der Waals surface area contributed by atoms with E-state index in [0.717, 1.165) is 13.2 Å². The standard InChI is InChI=1S/C10H10FNO5/c1-16-5-7-3-6(10(13)17-2)4-8(11)9(7)12(14)15/h3-4H,5H2,1-2H3. The van der Waals surface area contributed by atoms with E-state index >= 15 is 0 Å². The number of rotatable bonds is 4. The minimum absolute atomic E-state index is 0.0158. The molecule has 1 aromatic carbocycles. The van der Waals surface area contributed by atoms with Crippen molar-refractivity contribution in [3.63, 3.8) is 0 Å². The Kier molecular flexibility index (Phi) is 4.11. The predicted molar refractivity (Wildman–Crippen MR) is 55.1 cm³/mol. The molecule has 0 bridgehead atoms. The molecule has 1 aromatic rings. The van der Waals surface area contributed by atoms with Gasteiger partial charge in [0.05, 0.1) is 29.8 Å². The number of methoxy groups -OCH3 is 2. The minimum Gasteiger partial charge on any atom is -0.465 e. The zero-order chi connectivity index (χ0) is 13.0. The van der Waals surface area contributed by atoms with Gasteiger partial charge in [0, 0.05) is 7.11 Å². The molecule has 0 aliphatic carbocycles. The molecule has 0 heterocycles. The monoisotopic (exact) mass is 243 g/mol. The lowest BCUT2D eigenvalue weighted by atomic mass is 10.1. The lowest BCUT2D eigenvalue weighted by molar-refractivity contribution is -0.388. The van der Waals surface area contributed by atoms with E-state index in [1.165, 1.54) is 13.2 Å². The Morgan fingerprint density at radius 1 is 1.47 bits per heavy atom. The van der Waals surface area contributed by atoms with Crippen molar-refractivity contribution in [3.05, 3.63) is 39.2 Å².